The van der Waals surface area contributed by atoms with Gasteiger partial charge < -0.3 is 88.3 Å². The number of hydrogen-bond donors (Lipinski definition) is 13. The van der Waals surface area contributed by atoms with E-state index in [1.807, 2.05) is 0 Å². The van der Waals surface area contributed by atoms with Gasteiger partial charge in [-0.2, -0.15) is 0 Å². The molecule has 17 nitrogen and oxygen atoms in total. The molecule has 0 spiro atoms. The van der Waals surface area contributed by atoms with E-state index in [0.29, 0.717) is 6.54 Å². The molecule has 2 aliphatic heterocycles. The van der Waals surface area contributed by atoms with Crippen molar-refractivity contribution in [1.29, 1.82) is 0 Å². The Kier molecular flexibility index (Phi) is 13.3. The lowest BCUT2D eigenvalue weighted by Crippen LogP contribution is -2.69. The van der Waals surface area contributed by atoms with Crippen LogP contribution >= 0.6 is 0 Å². The molecular formula is C23H48N6O11. The maximum Gasteiger partial charge on any atom is 0.186 e. The van der Waals surface area contributed by atoms with E-state index in [4.69, 9.17) is 47.0 Å². The Morgan fingerprint density at radius 1 is 0.850 bits per heavy atom. The van der Waals surface area contributed by atoms with Gasteiger partial charge in [0.15, 0.2) is 12.6 Å². The Morgan fingerprint density at radius 3 is 2.17 bits per heavy atom. The molecule has 3 aliphatic rings. The summed E-state index contributed by atoms with van der Waals surface area (Å²) in [5, 5.41) is 77.2. The van der Waals surface area contributed by atoms with Crippen LogP contribution in [0.1, 0.15) is 12.8 Å². The van der Waals surface area contributed by atoms with E-state index in [1.165, 1.54) is 0 Å². The van der Waals surface area contributed by atoms with Gasteiger partial charge in [0, 0.05) is 38.3 Å². The Bertz CT molecular complexity index is 747. The van der Waals surface area contributed by atoms with Crippen molar-refractivity contribution in [3.8, 4) is 0 Å². The zero-order valence-corrected chi connectivity index (χ0v) is 22.4. The van der Waals surface area contributed by atoms with E-state index in [-0.39, 0.29) is 39.1 Å². The average Bonchev–Trinajstić information content (AvgIpc) is 2.93. The van der Waals surface area contributed by atoms with Crippen LogP contribution in [0.15, 0.2) is 0 Å². The Morgan fingerprint density at radius 2 is 1.52 bits per heavy atom. The van der Waals surface area contributed by atoms with Crippen molar-refractivity contribution in [2.24, 2.45) is 22.9 Å². The summed E-state index contributed by atoms with van der Waals surface area (Å²) in [4.78, 5) is 0. The molecule has 0 aromatic carbocycles. The van der Waals surface area contributed by atoms with E-state index < -0.39 is 98.3 Å². The van der Waals surface area contributed by atoms with Crippen molar-refractivity contribution in [1.82, 2.24) is 10.6 Å². The standard InChI is InChI=1S/C23H48N6O11/c24-5-9(32)6-29-12-3-10(25)20(39-22-11(26)4-13(33)14(37-22)7-28-1-2-30)19(36)21(12)40-23-18(35)16(27)17(34)15(8-31)38-23/h9-23,28-36H,1-8,24-27H2/t9?,10-,11+,12+,13-,14+,15+,16-,17+,18+,19-,20?,21-,22+,23+/m0/s1. The zero-order chi connectivity index (χ0) is 29.6. The molecule has 15 atom stereocenters. The number of nitrogens with one attached hydrogen (secondary N) is 2. The Labute approximate surface area is 232 Å². The van der Waals surface area contributed by atoms with Crippen LogP contribution in [0, 0.1) is 0 Å². The van der Waals surface area contributed by atoms with Crippen LogP contribution in [0.4, 0.5) is 0 Å². The molecule has 2 saturated heterocycles. The smallest absolute Gasteiger partial charge is 0.186 e. The summed E-state index contributed by atoms with van der Waals surface area (Å²) < 4.78 is 23.5. The van der Waals surface area contributed by atoms with E-state index in [0.717, 1.165) is 0 Å². The van der Waals surface area contributed by atoms with Gasteiger partial charge in [-0.15, -0.1) is 0 Å². The molecule has 0 amide bonds. The number of rotatable bonds is 13. The third-order valence-electron chi connectivity index (χ3n) is 7.66. The minimum Gasteiger partial charge on any atom is -0.395 e. The fourth-order valence-corrected chi connectivity index (χ4v) is 5.25. The number of ether oxygens (including phenoxy) is 4. The van der Waals surface area contributed by atoms with E-state index in [9.17, 15) is 30.6 Å². The highest BCUT2D eigenvalue weighted by atomic mass is 16.7. The average molecular weight is 585 g/mol. The van der Waals surface area contributed by atoms with Gasteiger partial charge in [-0.3, -0.25) is 0 Å². The molecule has 1 aliphatic carbocycles. The molecule has 0 bridgehead atoms. The minimum absolute atomic E-state index is 0.0158. The van der Waals surface area contributed by atoms with Crippen molar-refractivity contribution in [3.05, 3.63) is 0 Å². The van der Waals surface area contributed by atoms with Crippen LogP contribution in [0.2, 0.25) is 0 Å². The molecule has 17 N–H and O–H groups in total. The van der Waals surface area contributed by atoms with Crippen molar-refractivity contribution in [2.45, 2.75) is 105 Å². The topological polar surface area (TPSA) is 307 Å². The van der Waals surface area contributed by atoms with Gasteiger partial charge >= 0.3 is 0 Å². The molecule has 1 saturated carbocycles. The highest BCUT2D eigenvalue weighted by Crippen LogP contribution is 2.31. The lowest BCUT2D eigenvalue weighted by atomic mass is 9.83. The lowest BCUT2D eigenvalue weighted by molar-refractivity contribution is -0.316. The van der Waals surface area contributed by atoms with Crippen molar-refractivity contribution in [3.63, 3.8) is 0 Å². The summed E-state index contributed by atoms with van der Waals surface area (Å²) in [6, 6.07) is -3.38. The molecule has 0 aromatic heterocycles. The van der Waals surface area contributed by atoms with Crippen LogP contribution in [-0.4, -0.2) is 167 Å². The van der Waals surface area contributed by atoms with E-state index >= 15 is 0 Å². The third-order valence-corrected chi connectivity index (χ3v) is 7.66. The van der Waals surface area contributed by atoms with Crippen LogP contribution in [0.25, 0.3) is 0 Å². The summed E-state index contributed by atoms with van der Waals surface area (Å²) in [6.45, 7) is -0.120. The maximum absolute atomic E-state index is 11.4. The molecule has 0 aromatic rings. The van der Waals surface area contributed by atoms with Gasteiger partial charge in [-0.25, -0.2) is 0 Å². The van der Waals surface area contributed by atoms with E-state index in [1.54, 1.807) is 0 Å². The summed E-state index contributed by atoms with van der Waals surface area (Å²) >= 11 is 0. The predicted octanol–water partition coefficient (Wildman–Crippen LogP) is -7.72. The van der Waals surface area contributed by atoms with Crippen molar-refractivity contribution >= 4 is 0 Å². The van der Waals surface area contributed by atoms with Crippen LogP contribution in [0.3, 0.4) is 0 Å². The van der Waals surface area contributed by atoms with Crippen LogP contribution in [0.5, 0.6) is 0 Å². The molecule has 0 radical (unpaired) electrons. The molecule has 3 rings (SSSR count). The molecule has 40 heavy (non-hydrogen) atoms. The lowest BCUT2D eigenvalue weighted by Gasteiger charge is -2.48. The third kappa shape index (κ3) is 8.23. The Hall–Kier alpha value is -0.680. The van der Waals surface area contributed by atoms with Gasteiger partial charge in [-0.1, -0.05) is 0 Å². The zero-order valence-electron chi connectivity index (χ0n) is 22.4. The molecule has 2 heterocycles. The second kappa shape index (κ2) is 15.7. The van der Waals surface area contributed by atoms with Gasteiger partial charge in [0.2, 0.25) is 0 Å². The molecule has 2 unspecified atom stereocenters. The monoisotopic (exact) mass is 584 g/mol. The molecule has 17 heteroatoms. The number of aliphatic hydroxyl groups excluding tert-OH is 7. The first-order valence-corrected chi connectivity index (χ1v) is 13.7. The second-order valence-electron chi connectivity index (χ2n) is 10.7. The number of nitrogens with two attached hydrogens (primary N) is 4. The van der Waals surface area contributed by atoms with Gasteiger partial charge in [-0.05, 0) is 12.8 Å². The number of aliphatic hydroxyl groups is 7. The second-order valence-corrected chi connectivity index (χ2v) is 10.7. The Balaban J connectivity index is 1.76. The van der Waals surface area contributed by atoms with Crippen LogP contribution in [-0.2, 0) is 18.9 Å². The summed E-state index contributed by atoms with van der Waals surface area (Å²) in [5.74, 6) is 0. The number of hydrogen-bond acceptors (Lipinski definition) is 17. The minimum atomic E-state index is -1.50. The fourth-order valence-electron chi connectivity index (χ4n) is 5.25. The predicted molar refractivity (Wildman–Crippen MR) is 138 cm³/mol. The molecule has 3 fully saturated rings. The summed E-state index contributed by atoms with van der Waals surface area (Å²) in [7, 11) is 0. The van der Waals surface area contributed by atoms with Crippen molar-refractivity contribution < 1.29 is 54.7 Å². The summed E-state index contributed by atoms with van der Waals surface area (Å²) in [6.07, 6.45) is -12.2. The normalized spacial score (nSPS) is 45.4. The molecular weight excluding hydrogens is 536 g/mol. The van der Waals surface area contributed by atoms with Gasteiger partial charge in [0.05, 0.1) is 43.6 Å². The van der Waals surface area contributed by atoms with Gasteiger partial charge in [0.1, 0.15) is 36.6 Å². The first kappa shape index (κ1) is 33.8. The quantitative estimate of drug-likeness (QED) is 0.0894. The summed E-state index contributed by atoms with van der Waals surface area (Å²) in [5.41, 5.74) is 24.0. The van der Waals surface area contributed by atoms with Crippen molar-refractivity contribution in [2.75, 3.05) is 39.4 Å². The van der Waals surface area contributed by atoms with Crippen LogP contribution < -0.4 is 33.6 Å². The SMILES string of the molecule is NCC(O)CN[C@@H]1C[C@H](N)C(O[C@H]2O[C@H](CNCCO)[C@@H](O)C[C@H]2N)[C@H](O)[C@H]1O[C@H]1O[C@H](CO)[C@@H](O)[C@H](N)[C@H]1O. The maximum atomic E-state index is 11.4. The largest absolute Gasteiger partial charge is 0.395 e. The first-order valence-electron chi connectivity index (χ1n) is 13.7. The highest BCUT2D eigenvalue weighted by Gasteiger charge is 2.51. The highest BCUT2D eigenvalue weighted by molar-refractivity contribution is 5.02. The van der Waals surface area contributed by atoms with E-state index in [2.05, 4.69) is 10.6 Å². The fraction of sp³-hybridized carbons (Fsp3) is 1.00. The molecule has 236 valence electrons. The van der Waals surface area contributed by atoms with Gasteiger partial charge in [0.25, 0.3) is 0 Å². The first-order chi connectivity index (χ1) is 19.0.